The maximum atomic E-state index is 8.68. The Morgan fingerprint density at radius 3 is 1.43 bits per heavy atom. The molecule has 0 bridgehead atoms. The molecular formula is C8H19NO5. The summed E-state index contributed by atoms with van der Waals surface area (Å²) in [4.78, 5) is 8.25. The van der Waals surface area contributed by atoms with Crippen molar-refractivity contribution in [3.63, 3.8) is 0 Å². The number of aliphatic hydroxyl groups excluding tert-OH is 3. The molecule has 0 unspecified atom stereocenters. The highest BCUT2D eigenvalue weighted by Gasteiger charge is 2.18. The molecule has 14 heavy (non-hydrogen) atoms. The number of carbonyl (C=O) groups excluding carboxylic acids is 1. The zero-order valence-corrected chi connectivity index (χ0v) is 8.43. The van der Waals surface area contributed by atoms with E-state index in [-0.39, 0.29) is 19.8 Å². The molecule has 6 nitrogen and oxygen atoms in total. The highest BCUT2D eigenvalue weighted by Crippen LogP contribution is 1.99. The van der Waals surface area contributed by atoms with Gasteiger partial charge in [0.15, 0.2) is 0 Å². The summed E-state index contributed by atoms with van der Waals surface area (Å²) in [6.07, 6.45) is 0. The molecule has 0 aliphatic heterocycles. The van der Waals surface area contributed by atoms with Crippen LogP contribution in [-0.2, 0) is 4.79 Å². The Morgan fingerprint density at radius 2 is 1.29 bits per heavy atom. The molecule has 0 spiro atoms. The molecule has 0 aromatic rings. The van der Waals surface area contributed by atoms with E-state index in [1.54, 1.807) is 0 Å². The van der Waals surface area contributed by atoms with Crippen molar-refractivity contribution in [3.05, 3.63) is 0 Å². The lowest BCUT2D eigenvalue weighted by Gasteiger charge is -2.32. The van der Waals surface area contributed by atoms with E-state index in [0.29, 0.717) is 24.1 Å². The van der Waals surface area contributed by atoms with Crippen molar-refractivity contribution >= 4 is 6.47 Å². The first-order valence-electron chi connectivity index (χ1n) is 4.32. The van der Waals surface area contributed by atoms with Crippen LogP contribution in [-0.4, -0.2) is 72.8 Å². The Bertz CT molecular complexity index is 114. The minimum atomic E-state index is -0.500. The highest BCUT2D eigenvalue weighted by molar-refractivity contribution is 5.29. The van der Waals surface area contributed by atoms with Gasteiger partial charge in [0, 0.05) is 6.47 Å². The van der Waals surface area contributed by atoms with Gasteiger partial charge in [0.2, 0.25) is 0 Å². The van der Waals surface area contributed by atoms with Crippen LogP contribution in [0, 0.1) is 0 Å². The van der Waals surface area contributed by atoms with E-state index in [1.165, 1.54) is 0 Å². The minimum Gasteiger partial charge on any atom is -0.554 e. The molecule has 0 rings (SSSR count). The second kappa shape index (κ2) is 10.4. The van der Waals surface area contributed by atoms with Crippen LogP contribution in [0.15, 0.2) is 0 Å². The van der Waals surface area contributed by atoms with Gasteiger partial charge in [-0.1, -0.05) is 0 Å². The predicted octanol–water partition coefficient (Wildman–Crippen LogP) is -3.22. The Kier molecular flexibility index (Phi) is 11.7. The summed E-state index contributed by atoms with van der Waals surface area (Å²) < 4.78 is 0.531. The lowest BCUT2D eigenvalue weighted by Crippen LogP contribution is -2.49. The molecule has 0 radical (unpaired) electrons. The Hall–Kier alpha value is -0.690. The van der Waals surface area contributed by atoms with Crippen LogP contribution in [0.4, 0.5) is 0 Å². The number of likely N-dealkylation sites (N-methyl/N-ethyl adjacent to an activating group) is 1. The molecule has 0 aliphatic rings. The standard InChI is InChI=1S/C7H18NO3.CH2O2/c1-8(2-5-9,3-6-10)4-7-11;2-1-3/h9-11H,2-7H2,1H3;1H,(H,2,3)/q+1;/p-1. The van der Waals surface area contributed by atoms with Crippen molar-refractivity contribution in [3.8, 4) is 0 Å². The van der Waals surface area contributed by atoms with Gasteiger partial charge in [-0.3, -0.25) is 0 Å². The summed E-state index contributed by atoms with van der Waals surface area (Å²) in [5.74, 6) is 0. The quantitative estimate of drug-likeness (QED) is 0.315. The van der Waals surface area contributed by atoms with Gasteiger partial charge in [-0.2, -0.15) is 0 Å². The number of hydrogen-bond donors (Lipinski definition) is 3. The van der Waals surface area contributed by atoms with E-state index in [4.69, 9.17) is 25.2 Å². The highest BCUT2D eigenvalue weighted by atomic mass is 16.3. The molecule has 0 aromatic heterocycles. The summed E-state index contributed by atoms with van der Waals surface area (Å²) in [6.45, 7) is 1.53. The molecule has 0 aromatic carbocycles. The van der Waals surface area contributed by atoms with Crippen LogP contribution < -0.4 is 5.11 Å². The van der Waals surface area contributed by atoms with Crippen molar-refractivity contribution < 1.29 is 29.7 Å². The Balaban J connectivity index is 0. The fourth-order valence-electron chi connectivity index (χ4n) is 1.06. The van der Waals surface area contributed by atoms with Crippen LogP contribution in [0.25, 0.3) is 0 Å². The zero-order valence-electron chi connectivity index (χ0n) is 8.43. The monoisotopic (exact) mass is 209 g/mol. The van der Waals surface area contributed by atoms with Crippen LogP contribution >= 0.6 is 0 Å². The number of nitrogens with zero attached hydrogens (tertiary/aromatic N) is 1. The summed E-state index contributed by atoms with van der Waals surface area (Å²) >= 11 is 0. The number of quaternary nitrogens is 1. The second-order valence-electron chi connectivity index (χ2n) is 3.06. The summed E-state index contributed by atoms with van der Waals surface area (Å²) in [5.41, 5.74) is 0. The lowest BCUT2D eigenvalue weighted by molar-refractivity contribution is -0.910. The first-order valence-corrected chi connectivity index (χ1v) is 4.32. The number of carboxylic acid groups (broad SMARTS) is 1. The van der Waals surface area contributed by atoms with Gasteiger partial charge in [0.1, 0.15) is 19.6 Å². The van der Waals surface area contributed by atoms with Crippen molar-refractivity contribution in [2.24, 2.45) is 0 Å². The molecule has 86 valence electrons. The van der Waals surface area contributed by atoms with Crippen molar-refractivity contribution in [1.29, 1.82) is 0 Å². The van der Waals surface area contributed by atoms with E-state index in [9.17, 15) is 0 Å². The average molecular weight is 209 g/mol. The molecule has 0 aliphatic carbocycles. The van der Waals surface area contributed by atoms with Crippen LogP contribution in [0.2, 0.25) is 0 Å². The van der Waals surface area contributed by atoms with Gasteiger partial charge < -0.3 is 29.7 Å². The lowest BCUT2D eigenvalue weighted by atomic mass is 10.4. The molecule has 0 amide bonds. The fraction of sp³-hybridized carbons (Fsp3) is 0.875. The molecule has 0 saturated heterocycles. The van der Waals surface area contributed by atoms with Crippen molar-refractivity contribution in [2.75, 3.05) is 46.5 Å². The smallest absolute Gasteiger partial charge is 0.102 e. The van der Waals surface area contributed by atoms with Gasteiger partial charge in [-0.25, -0.2) is 0 Å². The Labute approximate surface area is 83.6 Å². The van der Waals surface area contributed by atoms with Gasteiger partial charge in [0.25, 0.3) is 0 Å². The van der Waals surface area contributed by atoms with Gasteiger partial charge in [-0.05, 0) is 0 Å². The first kappa shape index (κ1) is 15.8. The molecule has 0 heterocycles. The zero-order chi connectivity index (χ0) is 11.4. The minimum absolute atomic E-state index is 0.0938. The molecule has 3 N–H and O–H groups in total. The summed E-state index contributed by atoms with van der Waals surface area (Å²) in [5, 5.41) is 34.3. The molecule has 0 fully saturated rings. The molecule has 6 heteroatoms. The number of carbonyl (C=O) groups is 1. The fourth-order valence-corrected chi connectivity index (χ4v) is 1.06. The van der Waals surface area contributed by atoms with E-state index >= 15 is 0 Å². The SMILES string of the molecule is C[N+](CCO)(CCO)CCO.O=C[O-]. The molecule has 0 atom stereocenters. The third-order valence-corrected chi connectivity index (χ3v) is 1.92. The summed E-state index contributed by atoms with van der Waals surface area (Å²) in [7, 11) is 1.91. The van der Waals surface area contributed by atoms with E-state index < -0.39 is 6.47 Å². The van der Waals surface area contributed by atoms with Crippen LogP contribution in [0.1, 0.15) is 0 Å². The van der Waals surface area contributed by atoms with Gasteiger partial charge >= 0.3 is 0 Å². The van der Waals surface area contributed by atoms with E-state index in [0.717, 1.165) is 0 Å². The molecular weight excluding hydrogens is 190 g/mol. The third-order valence-electron chi connectivity index (χ3n) is 1.92. The van der Waals surface area contributed by atoms with Gasteiger partial charge in [-0.15, -0.1) is 0 Å². The molecule has 0 saturated carbocycles. The normalized spacial score (nSPS) is 10.3. The average Bonchev–Trinajstić information content (AvgIpc) is 2.06. The van der Waals surface area contributed by atoms with Gasteiger partial charge in [0.05, 0.1) is 26.9 Å². The third kappa shape index (κ3) is 9.40. The van der Waals surface area contributed by atoms with Crippen LogP contribution in [0.5, 0.6) is 0 Å². The van der Waals surface area contributed by atoms with Crippen molar-refractivity contribution in [2.45, 2.75) is 0 Å². The topological polar surface area (TPSA) is 101 Å². The van der Waals surface area contributed by atoms with E-state index in [2.05, 4.69) is 0 Å². The second-order valence-corrected chi connectivity index (χ2v) is 3.06. The first-order chi connectivity index (χ1) is 6.60. The number of aliphatic hydroxyl groups is 3. The van der Waals surface area contributed by atoms with E-state index in [1.807, 2.05) is 7.05 Å². The van der Waals surface area contributed by atoms with Crippen molar-refractivity contribution in [1.82, 2.24) is 0 Å². The Morgan fingerprint density at radius 1 is 1.07 bits per heavy atom. The number of rotatable bonds is 6. The maximum absolute atomic E-state index is 8.68. The predicted molar refractivity (Wildman–Crippen MR) is 48.1 cm³/mol. The maximum Gasteiger partial charge on any atom is 0.102 e. The summed E-state index contributed by atoms with van der Waals surface area (Å²) in [6, 6.07) is 0. The largest absolute Gasteiger partial charge is 0.554 e. The van der Waals surface area contributed by atoms with Crippen LogP contribution in [0.3, 0.4) is 0 Å². The number of hydrogen-bond acceptors (Lipinski definition) is 5.